The molecule has 0 aliphatic rings. The van der Waals surface area contributed by atoms with Gasteiger partial charge in [-0.3, -0.25) is 19.1 Å². The van der Waals surface area contributed by atoms with Crippen LogP contribution >= 0.6 is 0 Å². The minimum Gasteiger partial charge on any atom is -0.494 e. The van der Waals surface area contributed by atoms with E-state index < -0.39 is 28.6 Å². The van der Waals surface area contributed by atoms with E-state index in [9.17, 15) is 19.5 Å². The molecule has 0 bridgehead atoms. The summed E-state index contributed by atoms with van der Waals surface area (Å²) >= 11 is 0. The Balaban J connectivity index is 1.90. The third-order valence-electron chi connectivity index (χ3n) is 3.90. The van der Waals surface area contributed by atoms with Crippen molar-refractivity contribution in [3.05, 3.63) is 92.6 Å². The molecule has 7 heteroatoms. The zero-order valence-corrected chi connectivity index (χ0v) is 13.8. The van der Waals surface area contributed by atoms with Gasteiger partial charge in [-0.15, -0.1) is 0 Å². The van der Waals surface area contributed by atoms with Crippen LogP contribution in [0.15, 0.2) is 70.3 Å². The molecule has 0 unspecified atom stereocenters. The maximum atomic E-state index is 12.4. The summed E-state index contributed by atoms with van der Waals surface area (Å²) in [5, 5.41) is 12.9. The molecule has 7 nitrogen and oxygen atoms in total. The molecule has 132 valence electrons. The summed E-state index contributed by atoms with van der Waals surface area (Å²) < 4.78 is 0.980. The minimum atomic E-state index is -0.933. The number of hydrogen-bond donors (Lipinski definition) is 3. The maximum Gasteiger partial charge on any atom is 0.331 e. The summed E-state index contributed by atoms with van der Waals surface area (Å²) in [5.74, 6) is -1.44. The Hall–Kier alpha value is -3.61. The largest absolute Gasteiger partial charge is 0.494 e. The number of carbonyl (C=O) groups is 1. The van der Waals surface area contributed by atoms with Gasteiger partial charge in [-0.2, -0.15) is 0 Å². The van der Waals surface area contributed by atoms with Crippen LogP contribution in [-0.2, 0) is 13.0 Å². The van der Waals surface area contributed by atoms with E-state index in [-0.39, 0.29) is 6.54 Å². The summed E-state index contributed by atoms with van der Waals surface area (Å²) in [6.45, 7) is 0.122. The van der Waals surface area contributed by atoms with Crippen LogP contribution < -0.4 is 16.6 Å². The standard InChI is InChI=1S/C19H17N3O4/c23-16(20-14-9-5-2-6-10-14)15-17(24)21-19(26)22(18(15)25)12-11-13-7-3-1-4-8-13/h1-10,25H,11-12H2,(H,20,23)(H,21,24,26). The Labute approximate surface area is 148 Å². The lowest BCUT2D eigenvalue weighted by molar-refractivity contribution is 0.102. The molecule has 3 N–H and O–H groups in total. The number of rotatable bonds is 5. The number of nitrogens with one attached hydrogen (secondary N) is 2. The number of benzene rings is 2. The lowest BCUT2D eigenvalue weighted by atomic mass is 10.1. The van der Waals surface area contributed by atoms with Gasteiger partial charge in [0, 0.05) is 12.2 Å². The quantitative estimate of drug-likeness (QED) is 0.651. The Morgan fingerprint density at radius 2 is 1.62 bits per heavy atom. The van der Waals surface area contributed by atoms with Crippen molar-refractivity contribution >= 4 is 11.6 Å². The van der Waals surface area contributed by atoms with Crippen LogP contribution in [0.5, 0.6) is 5.88 Å². The average molecular weight is 351 g/mol. The van der Waals surface area contributed by atoms with Gasteiger partial charge < -0.3 is 10.4 Å². The molecule has 0 aliphatic heterocycles. The van der Waals surface area contributed by atoms with E-state index >= 15 is 0 Å². The molecule has 0 aliphatic carbocycles. The van der Waals surface area contributed by atoms with Crippen molar-refractivity contribution in [2.24, 2.45) is 0 Å². The Morgan fingerprint density at radius 1 is 1.00 bits per heavy atom. The number of aromatic hydroxyl groups is 1. The van der Waals surface area contributed by atoms with Crippen LogP contribution in [0.3, 0.4) is 0 Å². The van der Waals surface area contributed by atoms with E-state index in [1.807, 2.05) is 30.3 Å². The first-order chi connectivity index (χ1) is 12.6. The molecule has 0 saturated carbocycles. The van der Waals surface area contributed by atoms with Gasteiger partial charge in [0.2, 0.25) is 5.88 Å². The Morgan fingerprint density at radius 3 is 2.27 bits per heavy atom. The van der Waals surface area contributed by atoms with Gasteiger partial charge in [-0.05, 0) is 24.1 Å². The molecule has 0 spiro atoms. The van der Waals surface area contributed by atoms with Gasteiger partial charge in [-0.25, -0.2) is 4.79 Å². The highest BCUT2D eigenvalue weighted by atomic mass is 16.3. The molecule has 26 heavy (non-hydrogen) atoms. The zero-order chi connectivity index (χ0) is 18.5. The molecule has 0 saturated heterocycles. The van der Waals surface area contributed by atoms with Crippen molar-refractivity contribution in [1.82, 2.24) is 9.55 Å². The van der Waals surface area contributed by atoms with Crippen LogP contribution in [-0.4, -0.2) is 20.6 Å². The molecule has 2 aromatic carbocycles. The number of hydrogen-bond acceptors (Lipinski definition) is 4. The number of nitrogens with zero attached hydrogens (tertiary/aromatic N) is 1. The van der Waals surface area contributed by atoms with E-state index in [2.05, 4.69) is 10.3 Å². The average Bonchev–Trinajstić information content (AvgIpc) is 2.63. The fraction of sp³-hybridized carbons (Fsp3) is 0.105. The fourth-order valence-corrected chi connectivity index (χ4v) is 2.57. The van der Waals surface area contributed by atoms with E-state index in [0.29, 0.717) is 12.1 Å². The summed E-state index contributed by atoms with van der Waals surface area (Å²) in [6.07, 6.45) is 0.458. The predicted octanol–water partition coefficient (Wildman–Crippen LogP) is 1.74. The van der Waals surface area contributed by atoms with Crippen molar-refractivity contribution in [3.8, 4) is 5.88 Å². The Bertz CT molecular complexity index is 1020. The summed E-state index contributed by atoms with van der Waals surface area (Å²) in [7, 11) is 0. The molecule has 1 heterocycles. The Kier molecular flexibility index (Phi) is 4.98. The first-order valence-electron chi connectivity index (χ1n) is 8.02. The molecular formula is C19H17N3O4. The van der Waals surface area contributed by atoms with Crippen molar-refractivity contribution in [2.45, 2.75) is 13.0 Å². The minimum absolute atomic E-state index is 0.122. The lowest BCUT2D eigenvalue weighted by Crippen LogP contribution is -2.35. The van der Waals surface area contributed by atoms with E-state index in [4.69, 9.17) is 0 Å². The van der Waals surface area contributed by atoms with E-state index in [1.54, 1.807) is 30.3 Å². The van der Waals surface area contributed by atoms with Crippen molar-refractivity contribution < 1.29 is 9.90 Å². The van der Waals surface area contributed by atoms with Crippen LogP contribution in [0.4, 0.5) is 5.69 Å². The third kappa shape index (κ3) is 3.72. The molecule has 1 aromatic heterocycles. The molecule has 3 rings (SSSR count). The number of aromatic amines is 1. The highest BCUT2D eigenvalue weighted by Crippen LogP contribution is 2.14. The van der Waals surface area contributed by atoms with Gasteiger partial charge in [0.05, 0.1) is 0 Å². The molecule has 0 radical (unpaired) electrons. The van der Waals surface area contributed by atoms with Gasteiger partial charge in [0.1, 0.15) is 0 Å². The van der Waals surface area contributed by atoms with Gasteiger partial charge >= 0.3 is 5.69 Å². The first-order valence-corrected chi connectivity index (χ1v) is 8.02. The van der Waals surface area contributed by atoms with E-state index in [1.165, 1.54) is 0 Å². The topological polar surface area (TPSA) is 104 Å². The zero-order valence-electron chi connectivity index (χ0n) is 13.8. The van der Waals surface area contributed by atoms with Gasteiger partial charge in [-0.1, -0.05) is 48.5 Å². The second-order valence-corrected chi connectivity index (χ2v) is 5.67. The van der Waals surface area contributed by atoms with Crippen molar-refractivity contribution in [1.29, 1.82) is 0 Å². The first kappa shape index (κ1) is 17.2. The van der Waals surface area contributed by atoms with Crippen LogP contribution in [0, 0.1) is 0 Å². The predicted molar refractivity (Wildman–Crippen MR) is 97.5 cm³/mol. The third-order valence-corrected chi connectivity index (χ3v) is 3.90. The molecule has 0 atom stereocenters. The molecular weight excluding hydrogens is 334 g/mol. The van der Waals surface area contributed by atoms with Gasteiger partial charge in [0.25, 0.3) is 11.5 Å². The fourth-order valence-electron chi connectivity index (χ4n) is 2.57. The van der Waals surface area contributed by atoms with Crippen LogP contribution in [0.1, 0.15) is 15.9 Å². The van der Waals surface area contributed by atoms with Gasteiger partial charge in [0.15, 0.2) is 5.56 Å². The van der Waals surface area contributed by atoms with Crippen molar-refractivity contribution in [2.75, 3.05) is 5.32 Å². The molecule has 1 amide bonds. The number of aryl methyl sites for hydroxylation is 1. The highest BCUT2D eigenvalue weighted by Gasteiger charge is 2.21. The summed E-state index contributed by atoms with van der Waals surface area (Å²) in [6, 6.07) is 17.9. The summed E-state index contributed by atoms with van der Waals surface area (Å²) in [5.41, 5.74) is -0.767. The van der Waals surface area contributed by atoms with Crippen molar-refractivity contribution in [3.63, 3.8) is 0 Å². The smallest absolute Gasteiger partial charge is 0.331 e. The second kappa shape index (κ2) is 7.52. The number of H-pyrrole nitrogens is 1. The number of carbonyl (C=O) groups excluding carboxylic acids is 1. The van der Waals surface area contributed by atoms with Crippen LogP contribution in [0.25, 0.3) is 0 Å². The maximum absolute atomic E-state index is 12.4. The highest BCUT2D eigenvalue weighted by molar-refractivity contribution is 6.05. The molecule has 3 aromatic rings. The normalized spacial score (nSPS) is 10.5. The number of para-hydroxylation sites is 1. The number of anilines is 1. The van der Waals surface area contributed by atoms with E-state index in [0.717, 1.165) is 10.1 Å². The monoisotopic (exact) mass is 351 g/mol. The number of amides is 1. The molecule has 0 fully saturated rings. The summed E-state index contributed by atoms with van der Waals surface area (Å²) in [4.78, 5) is 38.5. The second-order valence-electron chi connectivity index (χ2n) is 5.67. The SMILES string of the molecule is O=C(Nc1ccccc1)c1c(O)n(CCc2ccccc2)c(=O)[nH]c1=O. The van der Waals surface area contributed by atoms with Crippen LogP contribution in [0.2, 0.25) is 0 Å². The lowest BCUT2D eigenvalue weighted by Gasteiger charge is -2.11. The number of aromatic nitrogens is 2.